The summed E-state index contributed by atoms with van der Waals surface area (Å²) in [6.07, 6.45) is 0. The summed E-state index contributed by atoms with van der Waals surface area (Å²) in [6, 6.07) is 8.49. The largest absolute Gasteiger partial charge is 0.381 e. The molecule has 0 spiro atoms. The second-order valence-electron chi connectivity index (χ2n) is 4.28. The molecule has 1 aromatic rings. The molecule has 3 nitrogen and oxygen atoms in total. The monoisotopic (exact) mass is 236 g/mol. The highest BCUT2D eigenvalue weighted by Gasteiger charge is 2.34. The SMILES string of the molecule is COCC(C#N)(Nc1ccccc1F)C(C)C. The van der Waals surface area contributed by atoms with Crippen molar-refractivity contribution in [2.75, 3.05) is 19.0 Å². The molecule has 4 heteroatoms. The minimum absolute atomic E-state index is 0.00736. The molecule has 1 atom stereocenters. The molecule has 0 heterocycles. The van der Waals surface area contributed by atoms with E-state index in [4.69, 9.17) is 4.74 Å². The normalized spacial score (nSPS) is 14.1. The zero-order valence-electron chi connectivity index (χ0n) is 10.3. The van der Waals surface area contributed by atoms with E-state index in [-0.39, 0.29) is 18.3 Å². The van der Waals surface area contributed by atoms with Gasteiger partial charge in [-0.05, 0) is 18.1 Å². The van der Waals surface area contributed by atoms with Gasteiger partial charge < -0.3 is 10.1 Å². The van der Waals surface area contributed by atoms with Gasteiger partial charge in [0.25, 0.3) is 0 Å². The first-order valence-electron chi connectivity index (χ1n) is 5.48. The molecule has 0 amide bonds. The Labute approximate surface area is 101 Å². The van der Waals surface area contributed by atoms with Crippen molar-refractivity contribution >= 4 is 5.69 Å². The number of rotatable bonds is 5. The van der Waals surface area contributed by atoms with Crippen molar-refractivity contribution in [2.45, 2.75) is 19.4 Å². The summed E-state index contributed by atoms with van der Waals surface area (Å²) in [6.45, 7) is 4.00. The maximum Gasteiger partial charge on any atom is 0.151 e. The number of ether oxygens (including phenoxy) is 1. The third kappa shape index (κ3) is 2.95. The number of hydrogen-bond acceptors (Lipinski definition) is 3. The van der Waals surface area contributed by atoms with E-state index in [0.717, 1.165) is 0 Å². The lowest BCUT2D eigenvalue weighted by atomic mass is 9.88. The number of methoxy groups -OCH3 is 1. The second kappa shape index (κ2) is 5.65. The van der Waals surface area contributed by atoms with Crippen LogP contribution in [0, 0.1) is 23.1 Å². The topological polar surface area (TPSA) is 45.0 Å². The zero-order valence-corrected chi connectivity index (χ0v) is 10.3. The van der Waals surface area contributed by atoms with Crippen molar-refractivity contribution in [3.8, 4) is 6.07 Å². The Hall–Kier alpha value is -1.60. The van der Waals surface area contributed by atoms with Crippen molar-refractivity contribution in [3.05, 3.63) is 30.1 Å². The molecule has 92 valence electrons. The lowest BCUT2D eigenvalue weighted by Gasteiger charge is -2.32. The standard InChI is InChI=1S/C13H17FN2O/c1-10(2)13(8-15,9-17-3)16-12-7-5-4-6-11(12)14/h4-7,10,16H,9H2,1-3H3. The van der Waals surface area contributed by atoms with Crippen LogP contribution in [-0.4, -0.2) is 19.3 Å². The number of benzene rings is 1. The average molecular weight is 236 g/mol. The van der Waals surface area contributed by atoms with Gasteiger partial charge in [0.05, 0.1) is 18.4 Å². The number of nitrogens with one attached hydrogen (secondary N) is 1. The van der Waals surface area contributed by atoms with Gasteiger partial charge in [-0.1, -0.05) is 26.0 Å². The molecule has 0 aliphatic carbocycles. The first-order valence-corrected chi connectivity index (χ1v) is 5.48. The van der Waals surface area contributed by atoms with Crippen molar-refractivity contribution in [2.24, 2.45) is 5.92 Å². The fraction of sp³-hybridized carbons (Fsp3) is 0.462. The molecule has 0 aliphatic heterocycles. The van der Waals surface area contributed by atoms with E-state index in [1.54, 1.807) is 18.2 Å². The first-order chi connectivity index (χ1) is 8.05. The molecule has 0 radical (unpaired) electrons. The van der Waals surface area contributed by atoms with E-state index < -0.39 is 5.54 Å². The Kier molecular flexibility index (Phi) is 4.47. The molecular weight excluding hydrogens is 219 g/mol. The lowest BCUT2D eigenvalue weighted by Crippen LogP contribution is -2.46. The maximum absolute atomic E-state index is 13.5. The van der Waals surface area contributed by atoms with Crippen LogP contribution in [0.1, 0.15) is 13.8 Å². The molecule has 1 rings (SSSR count). The molecule has 0 fully saturated rings. The van der Waals surface area contributed by atoms with E-state index in [1.165, 1.54) is 13.2 Å². The van der Waals surface area contributed by atoms with Gasteiger partial charge in [0.2, 0.25) is 0 Å². The Balaban J connectivity index is 3.03. The molecule has 17 heavy (non-hydrogen) atoms. The predicted octanol–water partition coefficient (Wildman–Crippen LogP) is 2.80. The number of hydrogen-bond donors (Lipinski definition) is 1. The summed E-state index contributed by atoms with van der Waals surface area (Å²) in [5.74, 6) is -0.379. The van der Waals surface area contributed by atoms with Gasteiger partial charge in [-0.2, -0.15) is 5.26 Å². The quantitative estimate of drug-likeness (QED) is 0.855. The van der Waals surface area contributed by atoms with E-state index in [0.29, 0.717) is 5.69 Å². The van der Waals surface area contributed by atoms with Crippen LogP contribution in [0.25, 0.3) is 0 Å². The third-order valence-electron chi connectivity index (χ3n) is 2.79. The van der Waals surface area contributed by atoms with E-state index >= 15 is 0 Å². The van der Waals surface area contributed by atoms with Gasteiger partial charge >= 0.3 is 0 Å². The van der Waals surface area contributed by atoms with Crippen LogP contribution in [-0.2, 0) is 4.74 Å². The van der Waals surface area contributed by atoms with Crippen LogP contribution in [0.15, 0.2) is 24.3 Å². The van der Waals surface area contributed by atoms with Crippen molar-refractivity contribution in [1.29, 1.82) is 5.26 Å². The maximum atomic E-state index is 13.5. The minimum Gasteiger partial charge on any atom is -0.381 e. The van der Waals surface area contributed by atoms with Crippen molar-refractivity contribution in [1.82, 2.24) is 0 Å². The van der Waals surface area contributed by atoms with Gasteiger partial charge in [0, 0.05) is 7.11 Å². The number of para-hydroxylation sites is 1. The summed E-state index contributed by atoms with van der Waals surface area (Å²) < 4.78 is 18.6. The fourth-order valence-electron chi connectivity index (χ4n) is 1.57. The Morgan fingerprint density at radius 3 is 2.59 bits per heavy atom. The molecule has 0 saturated heterocycles. The average Bonchev–Trinajstić information content (AvgIpc) is 2.31. The first kappa shape index (κ1) is 13.5. The molecule has 1 unspecified atom stereocenters. The zero-order chi connectivity index (χ0) is 12.9. The highest BCUT2D eigenvalue weighted by atomic mass is 19.1. The van der Waals surface area contributed by atoms with Crippen LogP contribution < -0.4 is 5.32 Å². The molecule has 0 aromatic heterocycles. The summed E-state index contributed by atoms with van der Waals surface area (Å²) in [5.41, 5.74) is -0.600. The van der Waals surface area contributed by atoms with E-state index in [9.17, 15) is 9.65 Å². The summed E-state index contributed by atoms with van der Waals surface area (Å²) in [7, 11) is 1.53. The number of anilines is 1. The summed E-state index contributed by atoms with van der Waals surface area (Å²) >= 11 is 0. The van der Waals surface area contributed by atoms with Crippen molar-refractivity contribution in [3.63, 3.8) is 0 Å². The number of nitrogens with zero attached hydrogens (tertiary/aromatic N) is 1. The minimum atomic E-state index is -0.920. The Morgan fingerprint density at radius 2 is 2.12 bits per heavy atom. The molecule has 0 aliphatic rings. The Bertz CT molecular complexity index is 414. The highest BCUT2D eigenvalue weighted by molar-refractivity contribution is 5.49. The molecule has 1 N–H and O–H groups in total. The predicted molar refractivity (Wildman–Crippen MR) is 65.1 cm³/mol. The van der Waals surface area contributed by atoms with Gasteiger partial charge in [-0.25, -0.2) is 4.39 Å². The molecule has 1 aromatic carbocycles. The van der Waals surface area contributed by atoms with Crippen LogP contribution in [0.2, 0.25) is 0 Å². The van der Waals surface area contributed by atoms with Gasteiger partial charge in [0.1, 0.15) is 5.82 Å². The van der Waals surface area contributed by atoms with Crippen LogP contribution >= 0.6 is 0 Å². The number of nitriles is 1. The van der Waals surface area contributed by atoms with Crippen LogP contribution in [0.4, 0.5) is 10.1 Å². The van der Waals surface area contributed by atoms with Gasteiger partial charge in [-0.3, -0.25) is 0 Å². The smallest absolute Gasteiger partial charge is 0.151 e. The van der Waals surface area contributed by atoms with E-state index in [2.05, 4.69) is 11.4 Å². The van der Waals surface area contributed by atoms with Crippen molar-refractivity contribution < 1.29 is 9.13 Å². The summed E-state index contributed by atoms with van der Waals surface area (Å²) in [5, 5.41) is 12.3. The van der Waals surface area contributed by atoms with E-state index in [1.807, 2.05) is 13.8 Å². The fourth-order valence-corrected chi connectivity index (χ4v) is 1.57. The van der Waals surface area contributed by atoms with Crippen LogP contribution in [0.3, 0.4) is 0 Å². The van der Waals surface area contributed by atoms with Gasteiger partial charge in [0.15, 0.2) is 5.54 Å². The third-order valence-corrected chi connectivity index (χ3v) is 2.79. The Morgan fingerprint density at radius 1 is 1.47 bits per heavy atom. The van der Waals surface area contributed by atoms with Gasteiger partial charge in [-0.15, -0.1) is 0 Å². The molecule has 0 saturated carbocycles. The lowest BCUT2D eigenvalue weighted by molar-refractivity contribution is 0.144. The van der Waals surface area contributed by atoms with Crippen LogP contribution in [0.5, 0.6) is 0 Å². The molecule has 0 bridgehead atoms. The number of halogens is 1. The highest BCUT2D eigenvalue weighted by Crippen LogP contribution is 2.24. The molecular formula is C13H17FN2O. The summed E-state index contributed by atoms with van der Waals surface area (Å²) in [4.78, 5) is 0. The second-order valence-corrected chi connectivity index (χ2v) is 4.28.